The molecule has 0 radical (unpaired) electrons. The van der Waals surface area contributed by atoms with Crippen molar-refractivity contribution in [2.75, 3.05) is 26.0 Å². The van der Waals surface area contributed by atoms with Gasteiger partial charge in [0.15, 0.2) is 0 Å². The van der Waals surface area contributed by atoms with Gasteiger partial charge in [-0.25, -0.2) is 0 Å². The Labute approximate surface area is 164 Å². The lowest BCUT2D eigenvalue weighted by Gasteiger charge is -2.18. The first-order valence-electron chi connectivity index (χ1n) is 8.95. The smallest absolute Gasteiger partial charge is 0.255 e. The highest BCUT2D eigenvalue weighted by molar-refractivity contribution is 6.01. The van der Waals surface area contributed by atoms with E-state index in [1.165, 1.54) is 4.90 Å². The first kappa shape index (κ1) is 19.4. The van der Waals surface area contributed by atoms with Gasteiger partial charge in [0, 0.05) is 24.2 Å². The van der Waals surface area contributed by atoms with Crippen molar-refractivity contribution < 1.29 is 14.3 Å². The second kappa shape index (κ2) is 8.08. The summed E-state index contributed by atoms with van der Waals surface area (Å²) in [5.41, 5.74) is 3.70. The third-order valence-electron chi connectivity index (χ3n) is 4.47. The zero-order valence-electron chi connectivity index (χ0n) is 16.4. The van der Waals surface area contributed by atoms with Crippen LogP contribution in [0.4, 0.5) is 5.69 Å². The van der Waals surface area contributed by atoms with Crippen LogP contribution in [0.2, 0.25) is 0 Å². The van der Waals surface area contributed by atoms with Crippen molar-refractivity contribution in [3.63, 3.8) is 0 Å². The molecule has 28 heavy (non-hydrogen) atoms. The van der Waals surface area contributed by atoms with Crippen LogP contribution in [-0.2, 0) is 4.79 Å². The second-order valence-electron chi connectivity index (χ2n) is 6.76. The van der Waals surface area contributed by atoms with E-state index < -0.39 is 0 Å². The zero-order chi connectivity index (χ0) is 20.3. The third-order valence-corrected chi connectivity index (χ3v) is 4.47. The Hall–Kier alpha value is -3.41. The number of pyridine rings is 1. The summed E-state index contributed by atoms with van der Waals surface area (Å²) in [5.74, 6) is 0.121. The Bertz CT molecular complexity index is 1050. The van der Waals surface area contributed by atoms with E-state index in [0.717, 1.165) is 16.5 Å². The molecular weight excluding hydrogens is 354 g/mol. The third kappa shape index (κ3) is 4.28. The molecule has 3 aromatic rings. The number of hydrogen-bond donors (Lipinski definition) is 1. The SMILES string of the molecule is COc1cccc(NC(=O)CN(C)C(=O)c2cc3cc(C)ccc3nc2C)c1. The van der Waals surface area contributed by atoms with Gasteiger partial charge >= 0.3 is 0 Å². The first-order valence-corrected chi connectivity index (χ1v) is 8.95. The molecule has 1 aromatic heterocycles. The Kier molecular flexibility index (Phi) is 5.59. The molecule has 6 nitrogen and oxygen atoms in total. The van der Waals surface area contributed by atoms with Gasteiger partial charge < -0.3 is 15.0 Å². The molecule has 0 aliphatic carbocycles. The van der Waals surface area contributed by atoms with Crippen molar-refractivity contribution in [1.29, 1.82) is 0 Å². The lowest BCUT2D eigenvalue weighted by molar-refractivity contribution is -0.116. The average Bonchev–Trinajstić information content (AvgIpc) is 2.67. The molecule has 6 heteroatoms. The molecule has 0 saturated heterocycles. The molecule has 0 aliphatic heterocycles. The van der Waals surface area contributed by atoms with Crippen molar-refractivity contribution in [2.45, 2.75) is 13.8 Å². The highest BCUT2D eigenvalue weighted by Gasteiger charge is 2.18. The van der Waals surface area contributed by atoms with Gasteiger partial charge in [0.1, 0.15) is 5.75 Å². The minimum atomic E-state index is -0.286. The van der Waals surface area contributed by atoms with Gasteiger partial charge in [-0.3, -0.25) is 14.6 Å². The van der Waals surface area contributed by atoms with Crippen molar-refractivity contribution in [3.05, 3.63) is 65.4 Å². The summed E-state index contributed by atoms with van der Waals surface area (Å²) in [7, 11) is 3.17. The zero-order valence-corrected chi connectivity index (χ0v) is 16.4. The molecule has 0 aliphatic rings. The number of likely N-dealkylation sites (N-methyl/N-ethyl adjacent to an activating group) is 1. The van der Waals surface area contributed by atoms with E-state index in [-0.39, 0.29) is 18.4 Å². The number of benzene rings is 2. The van der Waals surface area contributed by atoms with Gasteiger partial charge in [0.2, 0.25) is 5.91 Å². The van der Waals surface area contributed by atoms with Crippen LogP contribution < -0.4 is 10.1 Å². The Morgan fingerprint density at radius 2 is 1.89 bits per heavy atom. The normalized spacial score (nSPS) is 10.6. The number of nitrogens with one attached hydrogen (secondary N) is 1. The van der Waals surface area contributed by atoms with E-state index in [2.05, 4.69) is 10.3 Å². The summed E-state index contributed by atoms with van der Waals surface area (Å²) in [4.78, 5) is 31.1. The maximum atomic E-state index is 12.9. The topological polar surface area (TPSA) is 71.5 Å². The molecule has 0 spiro atoms. The maximum absolute atomic E-state index is 12.9. The van der Waals surface area contributed by atoms with Crippen LogP contribution in [-0.4, -0.2) is 42.4 Å². The van der Waals surface area contributed by atoms with Crippen LogP contribution in [0.25, 0.3) is 10.9 Å². The molecule has 144 valence electrons. The summed E-state index contributed by atoms with van der Waals surface area (Å²) in [6.07, 6.45) is 0. The van der Waals surface area contributed by atoms with Crippen LogP contribution in [0.5, 0.6) is 5.75 Å². The molecule has 1 N–H and O–H groups in total. The average molecular weight is 377 g/mol. The predicted octanol–water partition coefficient (Wildman–Crippen LogP) is 3.57. The molecule has 3 rings (SSSR count). The van der Waals surface area contributed by atoms with Crippen LogP contribution in [0.1, 0.15) is 21.6 Å². The molecular formula is C22H23N3O3. The molecule has 0 atom stereocenters. The summed E-state index contributed by atoms with van der Waals surface area (Å²) < 4.78 is 5.15. The Balaban J connectivity index is 1.74. The van der Waals surface area contributed by atoms with Crippen LogP contribution in [0.15, 0.2) is 48.5 Å². The number of carbonyl (C=O) groups is 2. The maximum Gasteiger partial charge on any atom is 0.255 e. The number of hydrogen-bond acceptors (Lipinski definition) is 4. The fraction of sp³-hybridized carbons (Fsp3) is 0.227. The lowest BCUT2D eigenvalue weighted by atomic mass is 10.1. The number of methoxy groups -OCH3 is 1. The van der Waals surface area contributed by atoms with Crippen LogP contribution in [0.3, 0.4) is 0 Å². The van der Waals surface area contributed by atoms with E-state index in [0.29, 0.717) is 22.7 Å². The number of fused-ring (bicyclic) bond motifs is 1. The molecule has 1 heterocycles. The number of anilines is 1. The van der Waals surface area contributed by atoms with Crippen molar-refractivity contribution in [3.8, 4) is 5.75 Å². The number of aromatic nitrogens is 1. The molecule has 0 unspecified atom stereocenters. The van der Waals surface area contributed by atoms with Gasteiger partial charge in [-0.15, -0.1) is 0 Å². The number of rotatable bonds is 5. The number of ether oxygens (including phenoxy) is 1. The van der Waals surface area contributed by atoms with Crippen molar-refractivity contribution in [2.24, 2.45) is 0 Å². The van der Waals surface area contributed by atoms with Gasteiger partial charge in [0.25, 0.3) is 5.91 Å². The minimum absolute atomic E-state index is 0.0681. The quantitative estimate of drug-likeness (QED) is 0.738. The fourth-order valence-electron chi connectivity index (χ4n) is 3.00. The monoisotopic (exact) mass is 377 g/mol. The molecule has 0 fully saturated rings. The summed E-state index contributed by atoms with van der Waals surface area (Å²) in [6, 6.07) is 14.8. The second-order valence-corrected chi connectivity index (χ2v) is 6.76. The predicted molar refractivity (Wildman–Crippen MR) is 110 cm³/mol. The highest BCUT2D eigenvalue weighted by atomic mass is 16.5. The van der Waals surface area contributed by atoms with Gasteiger partial charge in [-0.1, -0.05) is 17.7 Å². The first-order chi connectivity index (χ1) is 13.4. The summed E-state index contributed by atoms with van der Waals surface area (Å²) in [5, 5.41) is 3.68. The van der Waals surface area contributed by atoms with E-state index in [4.69, 9.17) is 4.74 Å². The Morgan fingerprint density at radius 1 is 1.11 bits per heavy atom. The van der Waals surface area contributed by atoms with E-state index >= 15 is 0 Å². The van der Waals surface area contributed by atoms with Gasteiger partial charge in [-0.2, -0.15) is 0 Å². The minimum Gasteiger partial charge on any atom is -0.497 e. The lowest BCUT2D eigenvalue weighted by Crippen LogP contribution is -2.35. The number of carbonyl (C=O) groups excluding carboxylic acids is 2. The number of amides is 2. The van der Waals surface area contributed by atoms with Crippen LogP contribution in [0, 0.1) is 13.8 Å². The summed E-state index contributed by atoms with van der Waals surface area (Å²) in [6.45, 7) is 3.73. The highest BCUT2D eigenvalue weighted by Crippen LogP contribution is 2.20. The molecule has 2 amide bonds. The molecule has 0 bridgehead atoms. The Morgan fingerprint density at radius 3 is 2.64 bits per heavy atom. The van der Waals surface area contributed by atoms with Gasteiger partial charge in [0.05, 0.1) is 30.4 Å². The van der Waals surface area contributed by atoms with Crippen molar-refractivity contribution in [1.82, 2.24) is 9.88 Å². The van der Waals surface area contributed by atoms with Crippen LogP contribution >= 0.6 is 0 Å². The number of nitrogens with zero attached hydrogens (tertiary/aromatic N) is 2. The fourth-order valence-corrected chi connectivity index (χ4v) is 3.00. The molecule has 0 saturated carbocycles. The van der Waals surface area contributed by atoms with Gasteiger partial charge in [-0.05, 0) is 44.2 Å². The standard InChI is InChI=1S/C22H23N3O3/c1-14-8-9-20-16(10-14)11-19(15(2)23-20)22(27)25(3)13-21(26)24-17-6-5-7-18(12-17)28-4/h5-12H,13H2,1-4H3,(H,24,26). The van der Waals surface area contributed by atoms with Crippen molar-refractivity contribution >= 4 is 28.4 Å². The van der Waals surface area contributed by atoms with E-state index in [9.17, 15) is 9.59 Å². The largest absolute Gasteiger partial charge is 0.497 e. The number of aryl methyl sites for hydroxylation is 2. The van der Waals surface area contributed by atoms with E-state index in [1.807, 2.05) is 31.2 Å². The summed E-state index contributed by atoms with van der Waals surface area (Å²) >= 11 is 0. The molecule has 2 aromatic carbocycles. The van der Waals surface area contributed by atoms with E-state index in [1.54, 1.807) is 45.3 Å².